The van der Waals surface area contributed by atoms with Crippen LogP contribution < -0.4 is 4.90 Å². The summed E-state index contributed by atoms with van der Waals surface area (Å²) in [5, 5.41) is 9.93. The van der Waals surface area contributed by atoms with Gasteiger partial charge in [-0.2, -0.15) is 0 Å². The predicted octanol–water partition coefficient (Wildman–Crippen LogP) is 17.2. The van der Waals surface area contributed by atoms with Crippen LogP contribution in [0.25, 0.3) is 110 Å². The Morgan fingerprint density at radius 1 is 0.274 bits per heavy atom. The smallest absolute Gasteiger partial charge is 0.143 e. The number of para-hydroxylation sites is 2. The zero-order valence-corrected chi connectivity index (χ0v) is 33.7. The minimum Gasteiger partial charge on any atom is -0.455 e. The zero-order valence-electron chi connectivity index (χ0n) is 33.7. The van der Waals surface area contributed by atoms with E-state index in [2.05, 4.69) is 217 Å². The van der Waals surface area contributed by atoms with Gasteiger partial charge in [-0.15, -0.1) is 0 Å². The van der Waals surface area contributed by atoms with E-state index in [1.165, 1.54) is 76.8 Å². The van der Waals surface area contributed by atoms with E-state index in [0.29, 0.717) is 0 Å². The maximum atomic E-state index is 6.46. The van der Waals surface area contributed by atoms with Crippen LogP contribution >= 0.6 is 0 Å². The Kier molecular flexibility index (Phi) is 7.64. The van der Waals surface area contributed by atoms with Crippen molar-refractivity contribution in [1.82, 2.24) is 0 Å². The molecule has 11 aromatic carbocycles. The van der Waals surface area contributed by atoms with Crippen molar-refractivity contribution in [2.45, 2.75) is 0 Å². The first kappa shape index (κ1) is 34.6. The minimum atomic E-state index is 0.905. The van der Waals surface area contributed by atoms with Crippen LogP contribution in [0.5, 0.6) is 0 Å². The van der Waals surface area contributed by atoms with Gasteiger partial charge in [0.15, 0.2) is 0 Å². The highest BCUT2D eigenvalue weighted by atomic mass is 16.3. The molecule has 0 N–H and O–H groups in total. The Morgan fingerprint density at radius 3 is 1.65 bits per heavy atom. The third-order valence-corrected chi connectivity index (χ3v) is 13.0. The molecule has 0 amide bonds. The van der Waals surface area contributed by atoms with Gasteiger partial charge in [-0.25, -0.2) is 0 Å². The summed E-state index contributed by atoms with van der Waals surface area (Å²) in [5.74, 6) is 0. The van der Waals surface area contributed by atoms with Gasteiger partial charge < -0.3 is 9.32 Å². The molecule has 0 aliphatic heterocycles. The molecule has 2 heteroatoms. The largest absolute Gasteiger partial charge is 0.455 e. The van der Waals surface area contributed by atoms with Crippen LogP contribution in [0.2, 0.25) is 0 Å². The molecular formula is C60H37NO. The van der Waals surface area contributed by atoms with Crippen molar-refractivity contribution in [3.8, 4) is 55.6 Å². The molecule has 0 atom stereocenters. The van der Waals surface area contributed by atoms with Gasteiger partial charge in [-0.05, 0) is 131 Å². The van der Waals surface area contributed by atoms with E-state index >= 15 is 0 Å². The van der Waals surface area contributed by atoms with Gasteiger partial charge in [0.1, 0.15) is 11.2 Å². The predicted molar refractivity (Wildman–Crippen MR) is 262 cm³/mol. The maximum absolute atomic E-state index is 6.46. The topological polar surface area (TPSA) is 16.4 Å². The highest BCUT2D eigenvalue weighted by Gasteiger charge is 2.23. The molecular weight excluding hydrogens is 751 g/mol. The molecule has 0 spiro atoms. The van der Waals surface area contributed by atoms with Crippen LogP contribution in [0.15, 0.2) is 229 Å². The average Bonchev–Trinajstić information content (AvgIpc) is 3.89. The molecule has 0 fully saturated rings. The highest BCUT2D eigenvalue weighted by Crippen LogP contribution is 2.50. The monoisotopic (exact) mass is 787 g/mol. The molecule has 288 valence electrons. The first-order valence-corrected chi connectivity index (χ1v) is 21.3. The Bertz CT molecular complexity index is 3710. The molecule has 62 heavy (non-hydrogen) atoms. The molecule has 0 saturated heterocycles. The van der Waals surface area contributed by atoms with Gasteiger partial charge >= 0.3 is 0 Å². The molecule has 1 aromatic heterocycles. The third-order valence-electron chi connectivity index (χ3n) is 13.0. The molecule has 1 aliphatic rings. The number of hydrogen-bond donors (Lipinski definition) is 0. The molecule has 12 aromatic rings. The highest BCUT2D eigenvalue weighted by molar-refractivity contribution is 6.19. The molecule has 13 rings (SSSR count). The fraction of sp³-hybridized carbons (Fsp3) is 0. The number of nitrogens with zero attached hydrogens (tertiary/aromatic N) is 1. The molecule has 0 radical (unpaired) electrons. The molecule has 0 unspecified atom stereocenters. The zero-order chi connectivity index (χ0) is 40.7. The lowest BCUT2D eigenvalue weighted by Gasteiger charge is -2.26. The second-order valence-corrected chi connectivity index (χ2v) is 16.4. The third kappa shape index (κ3) is 5.37. The summed E-state index contributed by atoms with van der Waals surface area (Å²) in [7, 11) is 0. The van der Waals surface area contributed by atoms with E-state index in [9.17, 15) is 0 Å². The van der Waals surface area contributed by atoms with E-state index in [0.717, 1.165) is 50.1 Å². The van der Waals surface area contributed by atoms with Crippen LogP contribution in [0, 0.1) is 0 Å². The normalized spacial score (nSPS) is 11.9. The summed E-state index contributed by atoms with van der Waals surface area (Å²) in [6, 6.07) is 81.8. The summed E-state index contributed by atoms with van der Waals surface area (Å²) in [6.07, 6.45) is 0. The Hall–Kier alpha value is -8.20. The van der Waals surface area contributed by atoms with E-state index in [-0.39, 0.29) is 0 Å². The second-order valence-electron chi connectivity index (χ2n) is 16.4. The lowest BCUT2D eigenvalue weighted by molar-refractivity contribution is 0.670. The quantitative estimate of drug-likeness (QED) is 0.156. The number of rotatable bonds is 6. The van der Waals surface area contributed by atoms with E-state index in [4.69, 9.17) is 4.42 Å². The fourth-order valence-electron chi connectivity index (χ4n) is 10.1. The Labute approximate surface area is 359 Å². The fourth-order valence-corrected chi connectivity index (χ4v) is 10.1. The number of fused-ring (bicyclic) bond motifs is 9. The van der Waals surface area contributed by atoms with Gasteiger partial charge in [0, 0.05) is 33.4 Å². The van der Waals surface area contributed by atoms with Gasteiger partial charge in [0.25, 0.3) is 0 Å². The first-order valence-electron chi connectivity index (χ1n) is 21.3. The van der Waals surface area contributed by atoms with Crippen LogP contribution in [0.4, 0.5) is 17.1 Å². The summed E-state index contributed by atoms with van der Waals surface area (Å²) in [5.41, 5.74) is 17.3. The van der Waals surface area contributed by atoms with Crippen LogP contribution in [-0.2, 0) is 0 Å². The van der Waals surface area contributed by atoms with Crippen LogP contribution in [-0.4, -0.2) is 0 Å². The number of anilines is 3. The van der Waals surface area contributed by atoms with Gasteiger partial charge in [0.05, 0.1) is 0 Å². The van der Waals surface area contributed by atoms with E-state index in [1.807, 2.05) is 12.1 Å². The Morgan fingerprint density at radius 2 is 0.839 bits per heavy atom. The standard InChI is InChI=1S/C60H37NO/c1-2-13-47-39(10-1)22-23-41-24-25-42(37-57(41)47)38-26-30-44(31-27-38)61(45-32-28-40(29-33-45)49-17-8-20-56-52-16-5-6-21-58(52)62-60(49)56)46-12-7-11-43(36-46)48-34-35-55-51-15-4-3-14-50(51)54-19-9-18-53(48)59(54)55/h1-37H. The van der Waals surface area contributed by atoms with Crippen molar-refractivity contribution in [3.05, 3.63) is 224 Å². The molecule has 0 bridgehead atoms. The van der Waals surface area contributed by atoms with Gasteiger partial charge in [-0.3, -0.25) is 0 Å². The van der Waals surface area contributed by atoms with Gasteiger partial charge in [0.2, 0.25) is 0 Å². The SMILES string of the molecule is c1cc(-c2ccc3c4c(cccc24)-c2ccccc2-3)cc(N(c2ccc(-c3ccc4ccc5ccccc5c4c3)cc2)c2ccc(-c3cccc4c3oc3ccccc34)cc2)c1. The number of furan rings is 1. The molecule has 2 nitrogen and oxygen atoms in total. The number of hydrogen-bond acceptors (Lipinski definition) is 2. The summed E-state index contributed by atoms with van der Waals surface area (Å²) < 4.78 is 6.46. The van der Waals surface area contributed by atoms with Crippen molar-refractivity contribution >= 4 is 71.3 Å². The van der Waals surface area contributed by atoms with Crippen LogP contribution in [0.1, 0.15) is 0 Å². The minimum absolute atomic E-state index is 0.905. The lowest BCUT2D eigenvalue weighted by Crippen LogP contribution is -2.10. The molecule has 1 aliphatic carbocycles. The van der Waals surface area contributed by atoms with E-state index in [1.54, 1.807) is 0 Å². The maximum Gasteiger partial charge on any atom is 0.143 e. The summed E-state index contributed by atoms with van der Waals surface area (Å²) >= 11 is 0. The summed E-state index contributed by atoms with van der Waals surface area (Å²) in [4.78, 5) is 2.38. The van der Waals surface area contributed by atoms with Crippen molar-refractivity contribution < 1.29 is 4.42 Å². The summed E-state index contributed by atoms with van der Waals surface area (Å²) in [6.45, 7) is 0. The lowest BCUT2D eigenvalue weighted by atomic mass is 9.94. The van der Waals surface area contributed by atoms with Crippen molar-refractivity contribution in [2.24, 2.45) is 0 Å². The second kappa shape index (κ2) is 13.7. The Balaban J connectivity index is 0.932. The van der Waals surface area contributed by atoms with Crippen molar-refractivity contribution in [3.63, 3.8) is 0 Å². The average molecular weight is 788 g/mol. The van der Waals surface area contributed by atoms with Crippen molar-refractivity contribution in [2.75, 3.05) is 4.90 Å². The first-order chi connectivity index (χ1) is 30.7. The van der Waals surface area contributed by atoms with Crippen molar-refractivity contribution in [1.29, 1.82) is 0 Å². The van der Waals surface area contributed by atoms with Crippen LogP contribution in [0.3, 0.4) is 0 Å². The van der Waals surface area contributed by atoms with Gasteiger partial charge in [-0.1, -0.05) is 176 Å². The van der Waals surface area contributed by atoms with E-state index < -0.39 is 0 Å². The molecule has 0 saturated carbocycles. The molecule has 1 heterocycles. The number of benzene rings is 11.